The van der Waals surface area contributed by atoms with E-state index in [2.05, 4.69) is 37.2 Å². The van der Waals surface area contributed by atoms with E-state index in [1.165, 1.54) is 16.0 Å². The highest BCUT2D eigenvalue weighted by Gasteiger charge is 2.09. The van der Waals surface area contributed by atoms with Gasteiger partial charge in [-0.1, -0.05) is 29.8 Å². The van der Waals surface area contributed by atoms with Gasteiger partial charge in [-0.05, 0) is 49.5 Å². The van der Waals surface area contributed by atoms with Crippen LogP contribution in [0.5, 0.6) is 5.75 Å². The summed E-state index contributed by atoms with van der Waals surface area (Å²) in [6.07, 6.45) is 0. The second-order valence-electron chi connectivity index (χ2n) is 5.09. The number of ether oxygens (including phenoxy) is 1. The summed E-state index contributed by atoms with van der Waals surface area (Å²) in [6.45, 7) is 0.852. The first-order valence-corrected chi connectivity index (χ1v) is 8.14. The smallest absolute Gasteiger partial charge is 0.118 e. The highest BCUT2D eigenvalue weighted by molar-refractivity contribution is 7.98. The lowest BCUT2D eigenvalue weighted by atomic mass is 10.2. The fourth-order valence-corrected chi connectivity index (χ4v) is 3.36. The molecule has 0 amide bonds. The molecule has 0 aromatic heterocycles. The van der Waals surface area contributed by atoms with E-state index < -0.39 is 0 Å². The molecule has 0 atom stereocenters. The first kappa shape index (κ1) is 16.2. The number of thioether (sulfide) groups is 1. The van der Waals surface area contributed by atoms with Crippen molar-refractivity contribution in [2.75, 3.05) is 21.2 Å². The molecular formula is C17H20ClNOS. The first-order chi connectivity index (χ1) is 10.1. The van der Waals surface area contributed by atoms with E-state index in [1.807, 2.05) is 36.0 Å². The quantitative estimate of drug-likeness (QED) is 0.715. The first-order valence-electron chi connectivity index (χ1n) is 6.78. The molecule has 0 aliphatic carbocycles. The molecule has 2 nitrogen and oxygen atoms in total. The molecule has 0 aliphatic rings. The van der Waals surface area contributed by atoms with Crippen molar-refractivity contribution < 1.29 is 4.74 Å². The third kappa shape index (κ3) is 4.67. The van der Waals surface area contributed by atoms with Gasteiger partial charge >= 0.3 is 0 Å². The van der Waals surface area contributed by atoms with E-state index in [1.54, 1.807) is 7.11 Å². The fraction of sp³-hybridized carbons (Fsp3) is 0.294. The average Bonchev–Trinajstić information content (AvgIpc) is 2.48. The summed E-state index contributed by atoms with van der Waals surface area (Å²) in [6, 6.07) is 14.3. The van der Waals surface area contributed by atoms with Crippen LogP contribution in [-0.2, 0) is 12.3 Å². The normalized spacial score (nSPS) is 10.9. The van der Waals surface area contributed by atoms with Gasteiger partial charge in [-0.3, -0.25) is 0 Å². The zero-order valence-corrected chi connectivity index (χ0v) is 14.2. The Balaban J connectivity index is 2.10. The Morgan fingerprint density at radius 3 is 2.43 bits per heavy atom. The number of rotatable bonds is 6. The van der Waals surface area contributed by atoms with E-state index in [9.17, 15) is 0 Å². The summed E-state index contributed by atoms with van der Waals surface area (Å²) in [5, 5.41) is 0.837. The number of hydrogen-bond acceptors (Lipinski definition) is 3. The van der Waals surface area contributed by atoms with Crippen molar-refractivity contribution in [1.82, 2.24) is 4.90 Å². The molecule has 0 aliphatic heterocycles. The Morgan fingerprint density at radius 2 is 1.81 bits per heavy atom. The molecule has 0 bridgehead atoms. The van der Waals surface area contributed by atoms with Gasteiger partial charge in [-0.25, -0.2) is 0 Å². The van der Waals surface area contributed by atoms with Crippen LogP contribution in [0, 0.1) is 0 Å². The van der Waals surface area contributed by atoms with Gasteiger partial charge in [0.05, 0.1) is 7.11 Å². The van der Waals surface area contributed by atoms with Crippen molar-refractivity contribution in [3.05, 3.63) is 58.6 Å². The molecule has 2 aromatic carbocycles. The van der Waals surface area contributed by atoms with Crippen LogP contribution in [0.1, 0.15) is 11.1 Å². The summed E-state index contributed by atoms with van der Waals surface area (Å²) in [5.41, 5.74) is 2.47. The summed E-state index contributed by atoms with van der Waals surface area (Å²) in [4.78, 5) is 3.38. The number of benzene rings is 2. The topological polar surface area (TPSA) is 12.5 Å². The van der Waals surface area contributed by atoms with Gasteiger partial charge in [0.25, 0.3) is 0 Å². The van der Waals surface area contributed by atoms with Crippen molar-refractivity contribution >= 4 is 23.4 Å². The molecule has 0 unspecified atom stereocenters. The minimum absolute atomic E-state index is 0.837. The van der Waals surface area contributed by atoms with Crippen LogP contribution in [0.4, 0.5) is 0 Å². The highest BCUT2D eigenvalue weighted by Crippen LogP contribution is 2.31. The molecule has 0 N–H and O–H groups in total. The van der Waals surface area contributed by atoms with Gasteiger partial charge in [0.1, 0.15) is 5.75 Å². The Kier molecular flexibility index (Phi) is 5.97. The predicted molar refractivity (Wildman–Crippen MR) is 91.4 cm³/mol. The minimum Gasteiger partial charge on any atom is -0.497 e. The molecule has 0 radical (unpaired) electrons. The average molecular weight is 322 g/mol. The Labute approximate surface area is 136 Å². The van der Waals surface area contributed by atoms with Crippen LogP contribution in [0.15, 0.2) is 47.4 Å². The monoisotopic (exact) mass is 321 g/mol. The third-order valence-corrected chi connectivity index (χ3v) is 4.63. The molecule has 4 heteroatoms. The molecule has 0 fully saturated rings. The Hall–Kier alpha value is -1.16. The lowest BCUT2D eigenvalue weighted by Crippen LogP contribution is -2.11. The van der Waals surface area contributed by atoms with Gasteiger partial charge < -0.3 is 9.64 Å². The van der Waals surface area contributed by atoms with Gasteiger partial charge in [-0.15, -0.1) is 11.8 Å². The van der Waals surface area contributed by atoms with Crippen LogP contribution in [0.25, 0.3) is 0 Å². The van der Waals surface area contributed by atoms with Crippen molar-refractivity contribution in [1.29, 1.82) is 0 Å². The minimum atomic E-state index is 0.837. The predicted octanol–water partition coefficient (Wildman–Crippen LogP) is 4.70. The van der Waals surface area contributed by atoms with Gasteiger partial charge in [0.15, 0.2) is 0 Å². The van der Waals surface area contributed by atoms with E-state index in [4.69, 9.17) is 16.3 Å². The molecule has 0 saturated carbocycles. The van der Waals surface area contributed by atoms with Crippen LogP contribution in [0.3, 0.4) is 0 Å². The summed E-state index contributed by atoms with van der Waals surface area (Å²) in [5.74, 6) is 1.81. The number of methoxy groups -OCH3 is 1. The highest BCUT2D eigenvalue weighted by atomic mass is 35.5. The second-order valence-corrected chi connectivity index (χ2v) is 6.52. The summed E-state index contributed by atoms with van der Waals surface area (Å²) in [7, 11) is 5.80. The van der Waals surface area contributed by atoms with Crippen LogP contribution in [-0.4, -0.2) is 26.1 Å². The van der Waals surface area contributed by atoms with Crippen LogP contribution < -0.4 is 4.74 Å². The molecule has 21 heavy (non-hydrogen) atoms. The second kappa shape index (κ2) is 7.74. The van der Waals surface area contributed by atoms with Crippen molar-refractivity contribution in [3.8, 4) is 5.75 Å². The third-order valence-electron chi connectivity index (χ3n) is 3.10. The zero-order valence-electron chi connectivity index (χ0n) is 12.6. The number of hydrogen-bond donors (Lipinski definition) is 0. The maximum absolute atomic E-state index is 6.34. The molecule has 0 spiro atoms. The van der Waals surface area contributed by atoms with Crippen LogP contribution >= 0.6 is 23.4 Å². The Bertz CT molecular complexity index is 584. The SMILES string of the molecule is COc1ccc(CSc2cccc(Cl)c2CN(C)C)cc1. The van der Waals surface area contributed by atoms with Crippen LogP contribution in [0.2, 0.25) is 5.02 Å². The summed E-state index contributed by atoms with van der Waals surface area (Å²) < 4.78 is 5.18. The lowest BCUT2D eigenvalue weighted by Gasteiger charge is -2.15. The maximum atomic E-state index is 6.34. The van der Waals surface area contributed by atoms with E-state index in [-0.39, 0.29) is 0 Å². The lowest BCUT2D eigenvalue weighted by molar-refractivity contribution is 0.399. The van der Waals surface area contributed by atoms with Crippen molar-refractivity contribution in [2.24, 2.45) is 0 Å². The maximum Gasteiger partial charge on any atom is 0.118 e. The summed E-state index contributed by atoms with van der Waals surface area (Å²) >= 11 is 8.16. The Morgan fingerprint density at radius 1 is 1.10 bits per heavy atom. The van der Waals surface area contributed by atoms with Gasteiger partial charge in [0.2, 0.25) is 0 Å². The molecular weight excluding hydrogens is 302 g/mol. The molecule has 2 rings (SSSR count). The fourth-order valence-electron chi connectivity index (χ4n) is 2.03. The van der Waals surface area contributed by atoms with Gasteiger partial charge in [-0.2, -0.15) is 0 Å². The zero-order chi connectivity index (χ0) is 15.2. The standard InChI is InChI=1S/C17H20ClNOS/c1-19(2)11-15-16(18)5-4-6-17(15)21-12-13-7-9-14(20-3)10-8-13/h4-10H,11-12H2,1-3H3. The molecule has 2 aromatic rings. The number of halogens is 1. The molecule has 0 heterocycles. The largest absolute Gasteiger partial charge is 0.497 e. The van der Waals surface area contributed by atoms with Crippen molar-refractivity contribution in [2.45, 2.75) is 17.2 Å². The van der Waals surface area contributed by atoms with E-state index in [0.29, 0.717) is 0 Å². The number of nitrogens with zero attached hydrogens (tertiary/aromatic N) is 1. The van der Waals surface area contributed by atoms with E-state index >= 15 is 0 Å². The van der Waals surface area contributed by atoms with Gasteiger partial charge in [0, 0.05) is 22.2 Å². The van der Waals surface area contributed by atoms with Crippen molar-refractivity contribution in [3.63, 3.8) is 0 Å². The molecule has 0 saturated heterocycles. The van der Waals surface area contributed by atoms with E-state index in [0.717, 1.165) is 23.1 Å². The molecule has 112 valence electrons.